The summed E-state index contributed by atoms with van der Waals surface area (Å²) in [5.41, 5.74) is 12.1. The average molecular weight is 622 g/mol. The van der Waals surface area contributed by atoms with Crippen LogP contribution < -0.4 is 0 Å². The van der Waals surface area contributed by atoms with Crippen molar-refractivity contribution in [1.82, 2.24) is 4.98 Å². The Morgan fingerprint density at radius 2 is 0.653 bits per heavy atom. The van der Waals surface area contributed by atoms with Crippen LogP contribution in [0.2, 0.25) is 0 Å². The molecule has 1 nitrogen and oxygen atoms in total. The van der Waals surface area contributed by atoms with Crippen molar-refractivity contribution in [2.45, 2.75) is 0 Å². The van der Waals surface area contributed by atoms with E-state index in [2.05, 4.69) is 187 Å². The van der Waals surface area contributed by atoms with Crippen LogP contribution in [-0.4, -0.2) is 4.98 Å². The molecular weight excluding hydrogens is 591 g/mol. The van der Waals surface area contributed by atoms with Crippen molar-refractivity contribution in [3.05, 3.63) is 182 Å². The molecular formula is C48H31N. The molecule has 0 bridgehead atoms. The van der Waals surface area contributed by atoms with E-state index in [1.807, 2.05) is 0 Å². The average Bonchev–Trinajstić information content (AvgIpc) is 3.58. The highest BCUT2D eigenvalue weighted by Gasteiger charge is 2.17. The lowest BCUT2D eigenvalue weighted by molar-refractivity contribution is 1.52. The van der Waals surface area contributed by atoms with Crippen LogP contribution in [0.15, 0.2) is 182 Å². The van der Waals surface area contributed by atoms with Gasteiger partial charge in [-0.05, 0) is 71.8 Å². The summed E-state index contributed by atoms with van der Waals surface area (Å²) in [6, 6.07) is 66.3. The van der Waals surface area contributed by atoms with Crippen molar-refractivity contribution in [2.24, 2.45) is 0 Å². The van der Waals surface area contributed by atoms with Crippen molar-refractivity contribution in [3.8, 4) is 44.5 Å². The molecule has 0 saturated heterocycles. The Morgan fingerprint density at radius 3 is 1.33 bits per heavy atom. The summed E-state index contributed by atoms with van der Waals surface area (Å²) in [6.07, 6.45) is 0. The van der Waals surface area contributed by atoms with Crippen LogP contribution in [0, 0.1) is 0 Å². The summed E-state index contributed by atoms with van der Waals surface area (Å²) in [4.78, 5) is 3.94. The van der Waals surface area contributed by atoms with E-state index < -0.39 is 0 Å². The van der Waals surface area contributed by atoms with Crippen molar-refractivity contribution >= 4 is 54.1 Å². The lowest BCUT2D eigenvalue weighted by Gasteiger charge is -2.12. The molecule has 0 fully saturated rings. The SMILES string of the molecule is c1ccc(-c2ccc(-c3ccccc3-c3cccc4c3[nH]c3c(-c5ccc6c7ccccc7c7ccccc7c6c5)cccc34)cc2)cc1. The lowest BCUT2D eigenvalue weighted by Crippen LogP contribution is -1.87. The quantitative estimate of drug-likeness (QED) is 0.188. The van der Waals surface area contributed by atoms with Crippen molar-refractivity contribution < 1.29 is 0 Å². The highest BCUT2D eigenvalue weighted by atomic mass is 14.7. The van der Waals surface area contributed by atoms with E-state index in [1.54, 1.807) is 0 Å². The second kappa shape index (κ2) is 11.1. The molecule has 0 saturated carbocycles. The number of benzene rings is 9. The molecule has 10 rings (SSSR count). The van der Waals surface area contributed by atoms with Crippen LogP contribution in [0.3, 0.4) is 0 Å². The maximum absolute atomic E-state index is 3.94. The molecule has 0 unspecified atom stereocenters. The van der Waals surface area contributed by atoms with E-state index >= 15 is 0 Å². The van der Waals surface area contributed by atoms with Gasteiger partial charge in [-0.1, -0.05) is 176 Å². The second-order valence-electron chi connectivity index (χ2n) is 12.9. The number of aromatic nitrogens is 1. The van der Waals surface area contributed by atoms with Crippen molar-refractivity contribution in [3.63, 3.8) is 0 Å². The number of H-pyrrole nitrogens is 1. The first-order chi connectivity index (χ1) is 24.3. The largest absolute Gasteiger partial charge is 0.353 e. The predicted octanol–water partition coefficient (Wildman–Crippen LogP) is 13.4. The molecule has 9 aromatic carbocycles. The minimum Gasteiger partial charge on any atom is -0.353 e. The first-order valence-electron chi connectivity index (χ1n) is 16.9. The molecule has 49 heavy (non-hydrogen) atoms. The van der Waals surface area contributed by atoms with Crippen LogP contribution >= 0.6 is 0 Å². The minimum atomic E-state index is 1.16. The summed E-state index contributed by atoms with van der Waals surface area (Å²) in [6.45, 7) is 0. The number of para-hydroxylation sites is 2. The Labute approximate surface area is 284 Å². The zero-order valence-electron chi connectivity index (χ0n) is 26.8. The topological polar surface area (TPSA) is 15.8 Å². The Balaban J connectivity index is 1.14. The van der Waals surface area contributed by atoms with Gasteiger partial charge in [0.25, 0.3) is 0 Å². The maximum Gasteiger partial charge on any atom is 0.0544 e. The van der Waals surface area contributed by atoms with Crippen LogP contribution in [0.25, 0.3) is 98.6 Å². The molecule has 0 aliphatic carbocycles. The molecule has 1 aromatic heterocycles. The number of nitrogens with one attached hydrogen (secondary N) is 1. The van der Waals surface area contributed by atoms with Gasteiger partial charge in [-0.3, -0.25) is 0 Å². The van der Waals surface area contributed by atoms with Gasteiger partial charge in [0.1, 0.15) is 0 Å². The van der Waals surface area contributed by atoms with Gasteiger partial charge in [-0.2, -0.15) is 0 Å². The number of rotatable bonds is 4. The smallest absolute Gasteiger partial charge is 0.0544 e. The summed E-state index contributed by atoms with van der Waals surface area (Å²) in [5, 5.41) is 10.2. The number of aromatic amines is 1. The Bertz CT molecular complexity index is 2820. The zero-order valence-corrected chi connectivity index (χ0v) is 26.8. The lowest BCUT2D eigenvalue weighted by atomic mass is 9.91. The maximum atomic E-state index is 3.94. The van der Waals surface area contributed by atoms with Gasteiger partial charge in [0.15, 0.2) is 0 Å². The molecule has 0 aliphatic rings. The van der Waals surface area contributed by atoms with Gasteiger partial charge in [0.05, 0.1) is 11.0 Å². The highest BCUT2D eigenvalue weighted by Crippen LogP contribution is 2.42. The van der Waals surface area contributed by atoms with E-state index in [9.17, 15) is 0 Å². The zero-order chi connectivity index (χ0) is 32.3. The highest BCUT2D eigenvalue weighted by molar-refractivity contribution is 6.26. The molecule has 0 amide bonds. The molecule has 0 aliphatic heterocycles. The fraction of sp³-hybridized carbons (Fsp3) is 0. The summed E-state index contributed by atoms with van der Waals surface area (Å²) in [5.74, 6) is 0. The summed E-state index contributed by atoms with van der Waals surface area (Å²) < 4.78 is 0. The van der Waals surface area contributed by atoms with Crippen molar-refractivity contribution in [1.29, 1.82) is 0 Å². The third-order valence-corrected chi connectivity index (χ3v) is 10.2. The molecule has 1 heterocycles. The number of hydrogen-bond donors (Lipinski definition) is 1. The fourth-order valence-electron chi connectivity index (χ4n) is 7.93. The molecule has 0 radical (unpaired) electrons. The van der Waals surface area contributed by atoms with E-state index in [1.165, 1.54) is 93.1 Å². The molecule has 1 heteroatoms. The van der Waals surface area contributed by atoms with Gasteiger partial charge in [0.2, 0.25) is 0 Å². The summed E-state index contributed by atoms with van der Waals surface area (Å²) >= 11 is 0. The van der Waals surface area contributed by atoms with Gasteiger partial charge in [-0.25, -0.2) is 0 Å². The first kappa shape index (κ1) is 27.7. The van der Waals surface area contributed by atoms with E-state index in [4.69, 9.17) is 0 Å². The normalized spacial score (nSPS) is 11.7. The monoisotopic (exact) mass is 621 g/mol. The molecule has 10 aromatic rings. The van der Waals surface area contributed by atoms with E-state index in [0.717, 1.165) is 5.52 Å². The Hall–Kier alpha value is -6.44. The minimum absolute atomic E-state index is 1.16. The van der Waals surface area contributed by atoms with E-state index in [-0.39, 0.29) is 0 Å². The molecule has 0 atom stereocenters. The number of hydrogen-bond acceptors (Lipinski definition) is 0. The van der Waals surface area contributed by atoms with Gasteiger partial charge >= 0.3 is 0 Å². The third-order valence-electron chi connectivity index (χ3n) is 10.2. The van der Waals surface area contributed by atoms with Crippen LogP contribution in [-0.2, 0) is 0 Å². The Kier molecular flexibility index (Phi) is 6.25. The molecule has 0 spiro atoms. The second-order valence-corrected chi connectivity index (χ2v) is 12.9. The third kappa shape index (κ3) is 4.40. The molecule has 1 N–H and O–H groups in total. The predicted molar refractivity (Wildman–Crippen MR) is 210 cm³/mol. The van der Waals surface area contributed by atoms with Gasteiger partial charge in [-0.15, -0.1) is 0 Å². The fourth-order valence-corrected chi connectivity index (χ4v) is 7.93. The van der Waals surface area contributed by atoms with Gasteiger partial charge < -0.3 is 4.98 Å². The summed E-state index contributed by atoms with van der Waals surface area (Å²) in [7, 11) is 0. The standard InChI is InChI=1S/C48H31N/c1-2-12-31(13-3-1)32-24-26-33(27-25-32)35-14-4-5-15-37(35)43-21-11-23-45-44-22-10-20-36(47(44)49-48(43)45)34-28-29-42-40-18-7-6-16-38(40)39-17-8-9-19-41(39)46(42)30-34/h1-30,49H. The number of fused-ring (bicyclic) bond motifs is 9. The van der Waals surface area contributed by atoms with Crippen LogP contribution in [0.1, 0.15) is 0 Å². The Morgan fingerprint density at radius 1 is 0.224 bits per heavy atom. The molecule has 228 valence electrons. The first-order valence-corrected chi connectivity index (χ1v) is 16.9. The van der Waals surface area contributed by atoms with Crippen LogP contribution in [0.4, 0.5) is 0 Å². The van der Waals surface area contributed by atoms with Gasteiger partial charge in [0, 0.05) is 21.9 Å². The van der Waals surface area contributed by atoms with Crippen LogP contribution in [0.5, 0.6) is 0 Å². The van der Waals surface area contributed by atoms with Crippen molar-refractivity contribution in [2.75, 3.05) is 0 Å². The van der Waals surface area contributed by atoms with E-state index in [0.29, 0.717) is 0 Å².